The number of hydrogen-bond donors (Lipinski definition) is 1. The number of nitrogens with zero attached hydrogens (tertiary/aromatic N) is 2. The van der Waals surface area contributed by atoms with Crippen LogP contribution >= 0.6 is 11.3 Å². The normalized spacial score (nSPS) is 12.6. The van der Waals surface area contributed by atoms with Crippen LogP contribution in [0.4, 0.5) is 5.13 Å². The van der Waals surface area contributed by atoms with Gasteiger partial charge < -0.3 is 15.0 Å². The Morgan fingerprint density at radius 2 is 2.05 bits per heavy atom. The van der Waals surface area contributed by atoms with Gasteiger partial charge in [0.05, 0.1) is 12.3 Å². The Morgan fingerprint density at radius 1 is 1.29 bits per heavy atom. The summed E-state index contributed by atoms with van der Waals surface area (Å²) >= 11 is 1.83. The molecule has 1 heterocycles. The minimum Gasteiger partial charge on any atom is -0.380 e. The van der Waals surface area contributed by atoms with E-state index in [1.165, 1.54) is 10.6 Å². The molecule has 4 nitrogen and oxygen atoms in total. The fourth-order valence-corrected chi connectivity index (χ4v) is 3.38. The van der Waals surface area contributed by atoms with E-state index in [0.717, 1.165) is 50.9 Å². The van der Waals surface area contributed by atoms with E-state index in [4.69, 9.17) is 9.72 Å². The first-order chi connectivity index (χ1) is 10.2. The molecule has 0 amide bonds. The summed E-state index contributed by atoms with van der Waals surface area (Å²) in [4.78, 5) is 8.64. The van der Waals surface area contributed by atoms with E-state index in [1.807, 2.05) is 18.3 Å². The first kappa shape index (κ1) is 18.4. The maximum Gasteiger partial charge on any atom is 0.185 e. The molecular weight excluding hydrogens is 282 g/mol. The van der Waals surface area contributed by atoms with E-state index in [2.05, 4.69) is 37.9 Å². The Labute approximate surface area is 133 Å². The fourth-order valence-electron chi connectivity index (χ4n) is 2.14. The number of aromatic nitrogens is 1. The van der Waals surface area contributed by atoms with Gasteiger partial charge >= 0.3 is 0 Å². The molecule has 0 aliphatic heterocycles. The fraction of sp³-hybridized carbons (Fsp3) is 0.812. The first-order valence-corrected chi connectivity index (χ1v) is 9.02. The Bertz CT molecular complexity index is 395. The topological polar surface area (TPSA) is 37.4 Å². The van der Waals surface area contributed by atoms with Gasteiger partial charge in [-0.15, -0.1) is 11.3 Å². The lowest BCUT2D eigenvalue weighted by atomic mass is 10.0. The van der Waals surface area contributed by atoms with E-state index in [-0.39, 0.29) is 0 Å². The molecule has 122 valence electrons. The molecule has 0 spiro atoms. The van der Waals surface area contributed by atoms with Crippen LogP contribution in [0.5, 0.6) is 0 Å². The van der Waals surface area contributed by atoms with Crippen LogP contribution in [0.1, 0.15) is 57.5 Å². The summed E-state index contributed by atoms with van der Waals surface area (Å²) in [5, 5.41) is 4.57. The lowest BCUT2D eigenvalue weighted by molar-refractivity contribution is 0.154. The second kappa shape index (κ2) is 10.1. The van der Waals surface area contributed by atoms with Crippen LogP contribution in [0, 0.1) is 0 Å². The second-order valence-electron chi connectivity index (χ2n) is 5.17. The van der Waals surface area contributed by atoms with Crippen molar-refractivity contribution in [3.63, 3.8) is 0 Å². The van der Waals surface area contributed by atoms with Crippen molar-refractivity contribution in [2.45, 2.75) is 53.5 Å². The highest BCUT2D eigenvalue weighted by atomic mass is 32.1. The lowest BCUT2D eigenvalue weighted by Crippen LogP contribution is -2.27. The molecule has 1 atom stereocenters. The molecule has 0 radical (unpaired) electrons. The van der Waals surface area contributed by atoms with E-state index < -0.39 is 0 Å². The van der Waals surface area contributed by atoms with Gasteiger partial charge in [-0.25, -0.2) is 4.98 Å². The van der Waals surface area contributed by atoms with Gasteiger partial charge in [0.25, 0.3) is 0 Å². The van der Waals surface area contributed by atoms with Gasteiger partial charge in [-0.2, -0.15) is 0 Å². The minimum atomic E-state index is 0.522. The van der Waals surface area contributed by atoms with E-state index in [0.29, 0.717) is 5.92 Å². The average molecular weight is 314 g/mol. The minimum absolute atomic E-state index is 0.522. The zero-order chi connectivity index (χ0) is 15.7. The van der Waals surface area contributed by atoms with Crippen molar-refractivity contribution in [3.8, 4) is 0 Å². The summed E-state index contributed by atoms with van der Waals surface area (Å²) in [5.41, 5.74) is 1.27. The van der Waals surface area contributed by atoms with Gasteiger partial charge in [-0.3, -0.25) is 0 Å². The smallest absolute Gasteiger partial charge is 0.185 e. The summed E-state index contributed by atoms with van der Waals surface area (Å²) in [6.07, 6.45) is 1.13. The molecule has 1 N–H and O–H groups in total. The van der Waals surface area contributed by atoms with Crippen molar-refractivity contribution >= 4 is 16.5 Å². The number of ether oxygens (including phenoxy) is 1. The maximum atomic E-state index is 5.48. The lowest BCUT2D eigenvalue weighted by Gasteiger charge is -2.19. The SMILES string of the molecule is CCNCc1sc(N(CC)CCOCC)nc1C(C)CC. The van der Waals surface area contributed by atoms with Crippen LogP contribution in [0.25, 0.3) is 0 Å². The third-order valence-corrected chi connectivity index (χ3v) is 4.82. The molecule has 0 aliphatic rings. The predicted molar refractivity (Wildman–Crippen MR) is 92.6 cm³/mol. The van der Waals surface area contributed by atoms with Crippen molar-refractivity contribution in [1.29, 1.82) is 0 Å². The molecule has 0 fully saturated rings. The highest BCUT2D eigenvalue weighted by molar-refractivity contribution is 7.15. The van der Waals surface area contributed by atoms with Crippen molar-refractivity contribution in [1.82, 2.24) is 10.3 Å². The van der Waals surface area contributed by atoms with E-state index in [1.54, 1.807) is 0 Å². The number of hydrogen-bond acceptors (Lipinski definition) is 5. The van der Waals surface area contributed by atoms with Gasteiger partial charge in [-0.05, 0) is 32.7 Å². The molecular formula is C16H31N3OS. The molecule has 0 bridgehead atoms. The van der Waals surface area contributed by atoms with Crippen LogP contribution < -0.4 is 10.2 Å². The molecule has 0 saturated heterocycles. The van der Waals surface area contributed by atoms with Crippen LogP contribution in [-0.2, 0) is 11.3 Å². The number of anilines is 1. The van der Waals surface area contributed by atoms with Crippen molar-refractivity contribution in [3.05, 3.63) is 10.6 Å². The Morgan fingerprint density at radius 3 is 2.62 bits per heavy atom. The molecule has 0 saturated carbocycles. The van der Waals surface area contributed by atoms with E-state index in [9.17, 15) is 0 Å². The van der Waals surface area contributed by atoms with Crippen molar-refractivity contribution in [2.75, 3.05) is 37.7 Å². The quantitative estimate of drug-likeness (QED) is 0.633. The highest BCUT2D eigenvalue weighted by Crippen LogP contribution is 2.32. The standard InChI is InChI=1S/C16H31N3OS/c1-6-13(5)15-14(12-17-7-2)21-16(18-15)19(8-3)10-11-20-9-4/h13,17H,6-12H2,1-5H3. The monoisotopic (exact) mass is 313 g/mol. The van der Waals surface area contributed by atoms with Gasteiger partial charge in [-0.1, -0.05) is 20.8 Å². The molecule has 5 heteroatoms. The van der Waals surface area contributed by atoms with Crippen molar-refractivity contribution in [2.24, 2.45) is 0 Å². The zero-order valence-electron chi connectivity index (χ0n) is 14.2. The predicted octanol–water partition coefficient (Wildman–Crippen LogP) is 3.63. The van der Waals surface area contributed by atoms with Crippen LogP contribution in [0.3, 0.4) is 0 Å². The van der Waals surface area contributed by atoms with E-state index >= 15 is 0 Å². The number of likely N-dealkylation sites (N-methyl/N-ethyl adjacent to an activating group) is 1. The zero-order valence-corrected chi connectivity index (χ0v) is 15.1. The third kappa shape index (κ3) is 5.57. The van der Waals surface area contributed by atoms with Crippen LogP contribution in [-0.4, -0.2) is 37.8 Å². The Hall–Kier alpha value is -0.650. The Kier molecular flexibility index (Phi) is 8.88. The molecule has 1 unspecified atom stereocenters. The summed E-state index contributed by atoms with van der Waals surface area (Å²) < 4.78 is 5.48. The average Bonchev–Trinajstić information content (AvgIpc) is 2.92. The molecule has 1 aromatic rings. The van der Waals surface area contributed by atoms with Crippen LogP contribution in [0.2, 0.25) is 0 Å². The van der Waals surface area contributed by atoms with Crippen LogP contribution in [0.15, 0.2) is 0 Å². The summed E-state index contributed by atoms with van der Waals surface area (Å²) in [6, 6.07) is 0. The van der Waals surface area contributed by atoms with Gasteiger partial charge in [0, 0.05) is 31.1 Å². The van der Waals surface area contributed by atoms with Gasteiger partial charge in [0.2, 0.25) is 0 Å². The molecule has 1 rings (SSSR count). The molecule has 21 heavy (non-hydrogen) atoms. The summed E-state index contributed by atoms with van der Waals surface area (Å²) in [6.45, 7) is 16.2. The summed E-state index contributed by atoms with van der Waals surface area (Å²) in [7, 11) is 0. The highest BCUT2D eigenvalue weighted by Gasteiger charge is 2.18. The van der Waals surface area contributed by atoms with Crippen molar-refractivity contribution < 1.29 is 4.74 Å². The number of nitrogens with one attached hydrogen (secondary N) is 1. The van der Waals surface area contributed by atoms with Gasteiger partial charge in [0.1, 0.15) is 0 Å². The van der Waals surface area contributed by atoms with Gasteiger partial charge in [0.15, 0.2) is 5.13 Å². The number of thiazole rings is 1. The summed E-state index contributed by atoms with van der Waals surface area (Å²) in [5.74, 6) is 0.522. The molecule has 1 aromatic heterocycles. The second-order valence-corrected chi connectivity index (χ2v) is 6.23. The maximum absolute atomic E-state index is 5.48. The Balaban J connectivity index is 2.86. The number of rotatable bonds is 11. The molecule has 0 aromatic carbocycles. The largest absolute Gasteiger partial charge is 0.380 e. The molecule has 0 aliphatic carbocycles. The first-order valence-electron chi connectivity index (χ1n) is 8.20. The third-order valence-electron chi connectivity index (χ3n) is 3.69.